The van der Waals surface area contributed by atoms with Gasteiger partial charge in [0.05, 0.1) is 24.7 Å². The van der Waals surface area contributed by atoms with Crippen molar-refractivity contribution in [3.8, 4) is 22.6 Å². The van der Waals surface area contributed by atoms with Crippen molar-refractivity contribution in [2.75, 3.05) is 20.0 Å². The van der Waals surface area contributed by atoms with Gasteiger partial charge in [-0.3, -0.25) is 4.79 Å². The van der Waals surface area contributed by atoms with Crippen molar-refractivity contribution in [1.82, 2.24) is 0 Å². The van der Waals surface area contributed by atoms with Crippen molar-refractivity contribution >= 4 is 15.6 Å². The van der Waals surface area contributed by atoms with Gasteiger partial charge in [-0.2, -0.15) is 0 Å². The summed E-state index contributed by atoms with van der Waals surface area (Å²) < 4.78 is 34.5. The molecule has 0 unspecified atom stereocenters. The van der Waals surface area contributed by atoms with Gasteiger partial charge in [0.15, 0.2) is 15.6 Å². The minimum absolute atomic E-state index is 0.0927. The first kappa shape index (κ1) is 14.6. The lowest BCUT2D eigenvalue weighted by Gasteiger charge is -2.13. The van der Waals surface area contributed by atoms with Crippen LogP contribution in [0.4, 0.5) is 0 Å². The molecule has 2 aromatic rings. The maximum absolute atomic E-state index is 11.9. The zero-order chi connectivity index (χ0) is 15.9. The molecule has 3 rings (SSSR count). The molecular weight excluding hydrogens is 304 g/mol. The average molecular weight is 318 g/mol. The third kappa shape index (κ3) is 2.16. The SMILES string of the molecule is COc1cccc(OC)c1-c1ccc2c(c1)C(=O)CS2(=O)=O. The van der Waals surface area contributed by atoms with E-state index in [1.807, 2.05) is 0 Å². The summed E-state index contributed by atoms with van der Waals surface area (Å²) in [6, 6.07) is 10.1. The molecule has 22 heavy (non-hydrogen) atoms. The third-order valence-electron chi connectivity index (χ3n) is 3.65. The van der Waals surface area contributed by atoms with Crippen molar-refractivity contribution in [1.29, 1.82) is 0 Å². The number of rotatable bonds is 3. The monoisotopic (exact) mass is 318 g/mol. The number of Topliss-reactive ketones (excluding diaryl/α,β-unsaturated/α-hetero) is 1. The van der Waals surface area contributed by atoms with Crippen LogP contribution in [0.1, 0.15) is 10.4 Å². The minimum Gasteiger partial charge on any atom is -0.496 e. The number of hydrogen-bond donors (Lipinski definition) is 0. The molecule has 1 aliphatic heterocycles. The van der Waals surface area contributed by atoms with E-state index in [0.29, 0.717) is 22.6 Å². The third-order valence-corrected chi connectivity index (χ3v) is 5.32. The lowest BCUT2D eigenvalue weighted by molar-refractivity contribution is 0.102. The van der Waals surface area contributed by atoms with Crippen molar-refractivity contribution in [3.05, 3.63) is 42.0 Å². The molecule has 0 fully saturated rings. The van der Waals surface area contributed by atoms with Gasteiger partial charge in [-0.05, 0) is 29.8 Å². The van der Waals surface area contributed by atoms with Crippen LogP contribution in [-0.4, -0.2) is 34.2 Å². The summed E-state index contributed by atoms with van der Waals surface area (Å²) in [5, 5.41) is 0. The van der Waals surface area contributed by atoms with E-state index in [9.17, 15) is 13.2 Å². The zero-order valence-corrected chi connectivity index (χ0v) is 12.9. The molecule has 0 amide bonds. The van der Waals surface area contributed by atoms with Gasteiger partial charge < -0.3 is 9.47 Å². The van der Waals surface area contributed by atoms with Crippen LogP contribution in [0.3, 0.4) is 0 Å². The van der Waals surface area contributed by atoms with Gasteiger partial charge in [-0.1, -0.05) is 12.1 Å². The van der Waals surface area contributed by atoms with Gasteiger partial charge >= 0.3 is 0 Å². The topological polar surface area (TPSA) is 69.7 Å². The Kier molecular flexibility index (Phi) is 3.41. The predicted molar refractivity (Wildman–Crippen MR) is 81.4 cm³/mol. The summed E-state index contributed by atoms with van der Waals surface area (Å²) in [6.45, 7) is 0. The summed E-state index contributed by atoms with van der Waals surface area (Å²) in [6.07, 6.45) is 0. The molecule has 0 spiro atoms. The molecule has 6 heteroatoms. The number of benzene rings is 2. The van der Waals surface area contributed by atoms with Crippen LogP contribution in [-0.2, 0) is 9.84 Å². The van der Waals surface area contributed by atoms with Gasteiger partial charge in [0.1, 0.15) is 17.3 Å². The molecule has 0 atom stereocenters. The Morgan fingerprint density at radius 2 is 1.64 bits per heavy atom. The normalized spacial score (nSPS) is 15.5. The highest BCUT2D eigenvalue weighted by Crippen LogP contribution is 2.40. The number of methoxy groups -OCH3 is 2. The van der Waals surface area contributed by atoms with Crippen molar-refractivity contribution in [2.45, 2.75) is 4.90 Å². The summed E-state index contributed by atoms with van der Waals surface area (Å²) in [4.78, 5) is 12.0. The highest BCUT2D eigenvalue weighted by Gasteiger charge is 2.33. The van der Waals surface area contributed by atoms with E-state index in [1.54, 1.807) is 44.6 Å². The second kappa shape index (κ2) is 5.14. The smallest absolute Gasteiger partial charge is 0.186 e. The number of hydrogen-bond acceptors (Lipinski definition) is 5. The highest BCUT2D eigenvalue weighted by molar-refractivity contribution is 7.92. The van der Waals surface area contributed by atoms with E-state index in [2.05, 4.69) is 0 Å². The fraction of sp³-hybridized carbons (Fsp3) is 0.188. The summed E-state index contributed by atoms with van der Waals surface area (Å²) >= 11 is 0. The Balaban J connectivity index is 2.25. The Bertz CT molecular complexity index is 846. The summed E-state index contributed by atoms with van der Waals surface area (Å²) in [5.74, 6) is 0.334. The first-order valence-corrected chi connectivity index (χ1v) is 8.24. The van der Waals surface area contributed by atoms with Crippen LogP contribution >= 0.6 is 0 Å². The van der Waals surface area contributed by atoms with Crippen molar-refractivity contribution in [3.63, 3.8) is 0 Å². The largest absolute Gasteiger partial charge is 0.496 e. The standard InChI is InChI=1S/C16H14O5S/c1-20-13-4-3-5-14(21-2)16(13)10-6-7-15-11(8-10)12(17)9-22(15,18)19/h3-8H,9H2,1-2H3. The molecule has 0 radical (unpaired) electrons. The van der Waals surface area contributed by atoms with Crippen LogP contribution in [0.15, 0.2) is 41.3 Å². The summed E-state index contributed by atoms with van der Waals surface area (Å²) in [5.41, 5.74) is 1.59. The zero-order valence-electron chi connectivity index (χ0n) is 12.1. The van der Waals surface area contributed by atoms with Crippen molar-refractivity contribution < 1.29 is 22.7 Å². The van der Waals surface area contributed by atoms with Gasteiger partial charge in [0.25, 0.3) is 0 Å². The molecular formula is C16H14O5S. The molecule has 0 aliphatic carbocycles. The molecule has 114 valence electrons. The maximum Gasteiger partial charge on any atom is 0.186 e. The first-order chi connectivity index (χ1) is 10.5. The second-order valence-corrected chi connectivity index (χ2v) is 6.89. The van der Waals surface area contributed by atoms with Crippen molar-refractivity contribution in [2.24, 2.45) is 0 Å². The van der Waals surface area contributed by atoms with E-state index in [0.717, 1.165) is 0 Å². The van der Waals surface area contributed by atoms with E-state index in [4.69, 9.17) is 9.47 Å². The Labute approximate surface area is 128 Å². The fourth-order valence-electron chi connectivity index (χ4n) is 2.64. The van der Waals surface area contributed by atoms with Crippen LogP contribution in [0, 0.1) is 0 Å². The van der Waals surface area contributed by atoms with Crippen LogP contribution < -0.4 is 9.47 Å². The first-order valence-electron chi connectivity index (χ1n) is 6.59. The molecule has 0 N–H and O–H groups in total. The van der Waals surface area contributed by atoms with E-state index in [1.165, 1.54) is 6.07 Å². The van der Waals surface area contributed by atoms with Gasteiger partial charge in [0, 0.05) is 5.56 Å². The van der Waals surface area contributed by atoms with Gasteiger partial charge in [-0.15, -0.1) is 0 Å². The van der Waals surface area contributed by atoms with Crippen LogP contribution in [0.25, 0.3) is 11.1 Å². The quantitative estimate of drug-likeness (QED) is 0.869. The average Bonchev–Trinajstić information content (AvgIpc) is 2.75. The number of carbonyl (C=O) groups excluding carboxylic acids is 1. The lowest BCUT2D eigenvalue weighted by Crippen LogP contribution is -2.03. The van der Waals surface area contributed by atoms with E-state index in [-0.39, 0.29) is 16.2 Å². The van der Waals surface area contributed by atoms with Gasteiger partial charge in [0.2, 0.25) is 0 Å². The van der Waals surface area contributed by atoms with E-state index < -0.39 is 15.6 Å². The molecule has 0 saturated carbocycles. The van der Waals surface area contributed by atoms with Gasteiger partial charge in [-0.25, -0.2) is 8.42 Å². The number of ether oxygens (including phenoxy) is 2. The lowest BCUT2D eigenvalue weighted by atomic mass is 10.00. The minimum atomic E-state index is -3.50. The van der Waals surface area contributed by atoms with Crippen LogP contribution in [0.2, 0.25) is 0 Å². The molecule has 0 aromatic heterocycles. The molecule has 0 bridgehead atoms. The van der Waals surface area contributed by atoms with Crippen LogP contribution in [0.5, 0.6) is 11.5 Å². The maximum atomic E-state index is 11.9. The second-order valence-electron chi connectivity index (χ2n) is 4.93. The summed E-state index contributed by atoms with van der Waals surface area (Å²) in [7, 11) is -0.411. The number of fused-ring (bicyclic) bond motifs is 1. The Hall–Kier alpha value is -2.34. The molecule has 0 saturated heterocycles. The molecule has 1 heterocycles. The Morgan fingerprint density at radius 3 is 2.23 bits per heavy atom. The molecule has 1 aliphatic rings. The Morgan fingerprint density at radius 1 is 1.00 bits per heavy atom. The van der Waals surface area contributed by atoms with E-state index >= 15 is 0 Å². The number of carbonyl (C=O) groups is 1. The number of sulfone groups is 1. The number of ketones is 1. The molecule has 2 aromatic carbocycles. The highest BCUT2D eigenvalue weighted by atomic mass is 32.2. The molecule has 5 nitrogen and oxygen atoms in total. The fourth-order valence-corrected chi connectivity index (χ4v) is 4.08. The predicted octanol–water partition coefficient (Wildman–Crippen LogP) is 2.34.